The van der Waals surface area contributed by atoms with E-state index in [4.69, 9.17) is 0 Å². The number of nitrogens with zero attached hydrogens (tertiary/aromatic N) is 1. The Morgan fingerprint density at radius 3 is 2.67 bits per heavy atom. The van der Waals surface area contributed by atoms with Crippen LogP contribution in [0.4, 0.5) is 10.5 Å². The van der Waals surface area contributed by atoms with Gasteiger partial charge in [0.1, 0.15) is 0 Å². The van der Waals surface area contributed by atoms with Gasteiger partial charge in [-0.1, -0.05) is 15.9 Å². The summed E-state index contributed by atoms with van der Waals surface area (Å²) in [5, 5.41) is 2.85. The molecule has 3 nitrogen and oxygen atoms in total. The summed E-state index contributed by atoms with van der Waals surface area (Å²) in [4.78, 5) is 13.5. The van der Waals surface area contributed by atoms with Crippen molar-refractivity contribution in [2.24, 2.45) is 0 Å². The Labute approximate surface area is 97.6 Å². The number of carbonyl (C=O) groups excluding carboxylic acids is 1. The number of carbonyl (C=O) groups is 1. The van der Waals surface area contributed by atoms with Crippen LogP contribution in [0.5, 0.6) is 0 Å². The highest BCUT2D eigenvalue weighted by Crippen LogP contribution is 2.23. The maximum atomic E-state index is 11.7. The van der Waals surface area contributed by atoms with Gasteiger partial charge in [-0.2, -0.15) is 0 Å². The zero-order chi connectivity index (χ0) is 10.8. The molecule has 1 saturated heterocycles. The Hall–Kier alpha value is -1.03. The Kier molecular flexibility index (Phi) is 2.95. The Bertz CT molecular complexity index is 363. The van der Waals surface area contributed by atoms with Gasteiger partial charge in [-0.15, -0.1) is 0 Å². The Morgan fingerprint density at radius 2 is 2.07 bits per heavy atom. The van der Waals surface area contributed by atoms with Crippen molar-refractivity contribution in [1.82, 2.24) is 5.32 Å². The standard InChI is InChI=1S/C11H13BrN2O/c1-8-6-7-13-11(15)14(8)10-4-2-9(12)3-5-10/h2-5,8H,6-7H2,1H3,(H,13,15). The van der Waals surface area contributed by atoms with Gasteiger partial charge in [-0.05, 0) is 37.6 Å². The van der Waals surface area contributed by atoms with E-state index in [1.807, 2.05) is 24.3 Å². The second-order valence-electron chi connectivity index (χ2n) is 3.72. The molecule has 4 heteroatoms. The third-order valence-corrected chi connectivity index (χ3v) is 3.13. The number of anilines is 1. The van der Waals surface area contributed by atoms with Gasteiger partial charge >= 0.3 is 6.03 Å². The van der Waals surface area contributed by atoms with Crippen LogP contribution in [0.15, 0.2) is 28.7 Å². The van der Waals surface area contributed by atoms with Crippen molar-refractivity contribution in [3.05, 3.63) is 28.7 Å². The van der Waals surface area contributed by atoms with Crippen molar-refractivity contribution in [3.8, 4) is 0 Å². The normalized spacial score (nSPS) is 21.3. The van der Waals surface area contributed by atoms with Crippen LogP contribution >= 0.6 is 15.9 Å². The highest BCUT2D eigenvalue weighted by molar-refractivity contribution is 9.10. The van der Waals surface area contributed by atoms with E-state index in [2.05, 4.69) is 28.2 Å². The summed E-state index contributed by atoms with van der Waals surface area (Å²) < 4.78 is 1.02. The van der Waals surface area contributed by atoms with Crippen LogP contribution in [0.1, 0.15) is 13.3 Å². The molecule has 80 valence electrons. The second-order valence-corrected chi connectivity index (χ2v) is 4.63. The maximum Gasteiger partial charge on any atom is 0.322 e. The van der Waals surface area contributed by atoms with E-state index in [0.717, 1.165) is 23.1 Å². The molecule has 1 aromatic rings. The van der Waals surface area contributed by atoms with E-state index in [9.17, 15) is 4.79 Å². The lowest BCUT2D eigenvalue weighted by molar-refractivity contribution is 0.239. The van der Waals surface area contributed by atoms with Gasteiger partial charge in [-0.25, -0.2) is 4.79 Å². The first-order chi connectivity index (χ1) is 7.18. The van der Waals surface area contributed by atoms with Crippen LogP contribution in [-0.4, -0.2) is 18.6 Å². The number of amides is 2. The molecule has 1 N–H and O–H groups in total. The van der Waals surface area contributed by atoms with Crippen molar-refractivity contribution in [2.75, 3.05) is 11.4 Å². The molecule has 1 aromatic carbocycles. The lowest BCUT2D eigenvalue weighted by Crippen LogP contribution is -2.51. The molecule has 0 aromatic heterocycles. The zero-order valence-corrected chi connectivity index (χ0v) is 10.1. The number of urea groups is 1. The van der Waals surface area contributed by atoms with E-state index in [1.165, 1.54) is 0 Å². The maximum absolute atomic E-state index is 11.7. The van der Waals surface area contributed by atoms with Crippen LogP contribution in [-0.2, 0) is 0 Å². The predicted octanol–water partition coefficient (Wildman–Crippen LogP) is 2.76. The van der Waals surface area contributed by atoms with Gasteiger partial charge < -0.3 is 5.32 Å². The summed E-state index contributed by atoms with van der Waals surface area (Å²) in [6.45, 7) is 2.84. The van der Waals surface area contributed by atoms with Crippen molar-refractivity contribution < 1.29 is 4.79 Å². The van der Waals surface area contributed by atoms with Crippen molar-refractivity contribution in [2.45, 2.75) is 19.4 Å². The summed E-state index contributed by atoms with van der Waals surface area (Å²) in [5.74, 6) is 0. The first kappa shape index (κ1) is 10.5. The van der Waals surface area contributed by atoms with Crippen molar-refractivity contribution in [1.29, 1.82) is 0 Å². The number of nitrogens with one attached hydrogen (secondary N) is 1. The second kappa shape index (κ2) is 4.23. The molecule has 0 aliphatic carbocycles. The molecule has 0 radical (unpaired) electrons. The molecule has 15 heavy (non-hydrogen) atoms. The van der Waals surface area contributed by atoms with E-state index in [1.54, 1.807) is 4.90 Å². The zero-order valence-electron chi connectivity index (χ0n) is 8.53. The Morgan fingerprint density at radius 1 is 1.40 bits per heavy atom. The summed E-state index contributed by atoms with van der Waals surface area (Å²) in [6, 6.07) is 8.06. The third-order valence-electron chi connectivity index (χ3n) is 2.60. The number of benzene rings is 1. The molecule has 1 aliphatic rings. The summed E-state index contributed by atoms with van der Waals surface area (Å²) in [6.07, 6.45) is 0.988. The third kappa shape index (κ3) is 2.15. The molecule has 0 spiro atoms. The lowest BCUT2D eigenvalue weighted by atomic mass is 10.1. The van der Waals surface area contributed by atoms with E-state index in [0.29, 0.717) is 0 Å². The molecular weight excluding hydrogens is 256 g/mol. The minimum atomic E-state index is -0.00364. The molecule has 2 amide bonds. The quantitative estimate of drug-likeness (QED) is 0.835. The smallest absolute Gasteiger partial charge is 0.322 e. The molecule has 0 saturated carbocycles. The molecule has 0 bridgehead atoms. The van der Waals surface area contributed by atoms with Gasteiger partial charge in [0.05, 0.1) is 0 Å². The van der Waals surface area contributed by atoms with Gasteiger partial charge in [-0.3, -0.25) is 4.90 Å². The van der Waals surface area contributed by atoms with Gasteiger partial charge in [0.25, 0.3) is 0 Å². The fourth-order valence-corrected chi connectivity index (χ4v) is 2.04. The minimum absolute atomic E-state index is 0.00364. The van der Waals surface area contributed by atoms with Crippen molar-refractivity contribution >= 4 is 27.6 Å². The fourth-order valence-electron chi connectivity index (χ4n) is 1.78. The number of hydrogen-bond acceptors (Lipinski definition) is 1. The number of hydrogen-bond donors (Lipinski definition) is 1. The molecule has 1 unspecified atom stereocenters. The van der Waals surface area contributed by atoms with E-state index in [-0.39, 0.29) is 12.1 Å². The summed E-state index contributed by atoms with van der Waals surface area (Å²) in [7, 11) is 0. The van der Waals surface area contributed by atoms with Gasteiger partial charge in [0.2, 0.25) is 0 Å². The highest BCUT2D eigenvalue weighted by Gasteiger charge is 2.25. The van der Waals surface area contributed by atoms with Crippen LogP contribution in [0.3, 0.4) is 0 Å². The van der Waals surface area contributed by atoms with Crippen LogP contribution in [0, 0.1) is 0 Å². The lowest BCUT2D eigenvalue weighted by Gasteiger charge is -2.33. The summed E-state index contributed by atoms with van der Waals surface area (Å²) >= 11 is 3.38. The first-order valence-electron chi connectivity index (χ1n) is 5.01. The van der Waals surface area contributed by atoms with E-state index < -0.39 is 0 Å². The first-order valence-corrected chi connectivity index (χ1v) is 5.80. The highest BCUT2D eigenvalue weighted by atomic mass is 79.9. The topological polar surface area (TPSA) is 32.3 Å². The monoisotopic (exact) mass is 268 g/mol. The number of rotatable bonds is 1. The Balaban J connectivity index is 2.27. The molecule has 1 atom stereocenters. The SMILES string of the molecule is CC1CCNC(=O)N1c1ccc(Br)cc1. The number of halogens is 1. The van der Waals surface area contributed by atoms with Crippen LogP contribution in [0.25, 0.3) is 0 Å². The molecule has 1 heterocycles. The molecular formula is C11H13BrN2O. The van der Waals surface area contributed by atoms with Crippen LogP contribution < -0.4 is 10.2 Å². The largest absolute Gasteiger partial charge is 0.338 e. The minimum Gasteiger partial charge on any atom is -0.338 e. The van der Waals surface area contributed by atoms with Gasteiger partial charge in [0, 0.05) is 22.7 Å². The van der Waals surface area contributed by atoms with Crippen LogP contribution in [0.2, 0.25) is 0 Å². The molecule has 1 fully saturated rings. The summed E-state index contributed by atoms with van der Waals surface area (Å²) in [5.41, 5.74) is 0.947. The van der Waals surface area contributed by atoms with Gasteiger partial charge in [0.15, 0.2) is 0 Å². The average Bonchev–Trinajstić information content (AvgIpc) is 2.20. The van der Waals surface area contributed by atoms with Crippen molar-refractivity contribution in [3.63, 3.8) is 0 Å². The molecule has 1 aliphatic heterocycles. The fraction of sp³-hybridized carbons (Fsp3) is 0.364. The average molecular weight is 269 g/mol. The predicted molar refractivity (Wildman–Crippen MR) is 64.1 cm³/mol. The van der Waals surface area contributed by atoms with E-state index >= 15 is 0 Å². The molecule has 2 rings (SSSR count).